The van der Waals surface area contributed by atoms with Gasteiger partial charge in [-0.3, -0.25) is 9.78 Å². The van der Waals surface area contributed by atoms with Gasteiger partial charge in [0.25, 0.3) is 0 Å². The van der Waals surface area contributed by atoms with Crippen LogP contribution in [0, 0.1) is 6.92 Å². The average molecular weight is 275 g/mol. The van der Waals surface area contributed by atoms with Crippen LogP contribution in [0.25, 0.3) is 0 Å². The lowest BCUT2D eigenvalue weighted by atomic mass is 10.1. The van der Waals surface area contributed by atoms with E-state index in [2.05, 4.69) is 4.98 Å². The average Bonchev–Trinajstić information content (AvgIpc) is 2.03. The molecule has 3 heteroatoms. The number of nitrogens with zero attached hydrogens (tertiary/aromatic N) is 1. The van der Waals surface area contributed by atoms with Gasteiger partial charge in [-0.15, -0.1) is 0 Å². The third-order valence-electron chi connectivity index (χ3n) is 1.68. The molecular weight excluding hydrogens is 265 g/mol. The Labute approximate surface area is 85.5 Å². The Balaban J connectivity index is 2.63. The summed E-state index contributed by atoms with van der Waals surface area (Å²) in [5, 5.41) is 0. The molecule has 0 aliphatic rings. The highest BCUT2D eigenvalue weighted by molar-refractivity contribution is 14.1. The third-order valence-corrected chi connectivity index (χ3v) is 2.22. The summed E-state index contributed by atoms with van der Waals surface area (Å²) in [6, 6.07) is 3.92. The van der Waals surface area contributed by atoms with E-state index in [-0.39, 0.29) is 3.79 Å². The summed E-state index contributed by atoms with van der Waals surface area (Å²) in [6.07, 6.45) is 3.10. The summed E-state index contributed by atoms with van der Waals surface area (Å²) < 4.78 is 0.192. The minimum Gasteiger partial charge on any atom is -0.288 e. The van der Waals surface area contributed by atoms with Gasteiger partial charge in [0.2, 0.25) is 0 Å². The van der Waals surface area contributed by atoms with Crippen LogP contribution in [0.2, 0.25) is 0 Å². The van der Waals surface area contributed by atoms with E-state index in [1.807, 2.05) is 41.6 Å². The number of hydrogen-bond acceptors (Lipinski definition) is 2. The molecule has 0 unspecified atom stereocenters. The first kappa shape index (κ1) is 9.64. The van der Waals surface area contributed by atoms with Crippen molar-refractivity contribution in [2.24, 2.45) is 0 Å². The van der Waals surface area contributed by atoms with E-state index in [1.165, 1.54) is 0 Å². The van der Waals surface area contributed by atoms with E-state index in [9.17, 15) is 4.79 Å². The van der Waals surface area contributed by atoms with Gasteiger partial charge in [-0.1, -0.05) is 6.07 Å². The van der Waals surface area contributed by atoms with E-state index in [0.717, 1.165) is 17.7 Å². The van der Waals surface area contributed by atoms with Crippen molar-refractivity contribution in [3.05, 3.63) is 29.6 Å². The molecular formula is C9H10INO. The first-order valence-electron chi connectivity index (χ1n) is 3.79. The molecule has 0 fully saturated rings. The number of aromatic nitrogens is 1. The minimum absolute atomic E-state index is 0.192. The number of pyridine rings is 1. The van der Waals surface area contributed by atoms with Crippen molar-refractivity contribution in [1.82, 2.24) is 4.98 Å². The van der Waals surface area contributed by atoms with E-state index >= 15 is 0 Å². The van der Waals surface area contributed by atoms with Gasteiger partial charge in [-0.2, -0.15) is 0 Å². The van der Waals surface area contributed by atoms with Gasteiger partial charge < -0.3 is 0 Å². The maximum Gasteiger partial charge on any atom is 0.192 e. The van der Waals surface area contributed by atoms with Crippen LogP contribution in [-0.4, -0.2) is 8.77 Å². The molecule has 0 amide bonds. The lowest BCUT2D eigenvalue weighted by Gasteiger charge is -2.00. The summed E-state index contributed by atoms with van der Waals surface area (Å²) in [5.74, 6) is 0. The molecule has 0 aromatic carbocycles. The fraction of sp³-hybridized carbons (Fsp3) is 0.333. The first-order valence-corrected chi connectivity index (χ1v) is 4.87. The van der Waals surface area contributed by atoms with Crippen molar-refractivity contribution >= 4 is 26.4 Å². The maximum absolute atomic E-state index is 10.7. The molecule has 0 saturated carbocycles. The fourth-order valence-corrected chi connectivity index (χ4v) is 1.27. The second-order valence-corrected chi connectivity index (χ2v) is 3.83. The normalized spacial score (nSPS) is 9.83. The maximum atomic E-state index is 10.7. The lowest BCUT2D eigenvalue weighted by molar-refractivity contribution is -0.109. The van der Waals surface area contributed by atoms with Gasteiger partial charge in [0, 0.05) is 18.3 Å². The second-order valence-electron chi connectivity index (χ2n) is 2.62. The van der Waals surface area contributed by atoms with Crippen molar-refractivity contribution in [2.75, 3.05) is 0 Å². The number of hydrogen-bond donors (Lipinski definition) is 0. The lowest BCUT2D eigenvalue weighted by Crippen LogP contribution is -1.96. The van der Waals surface area contributed by atoms with Gasteiger partial charge in [0.05, 0.1) is 0 Å². The molecule has 64 valence electrons. The molecule has 0 saturated heterocycles. The van der Waals surface area contributed by atoms with Crippen molar-refractivity contribution in [3.8, 4) is 0 Å². The number of halogens is 1. The summed E-state index contributed by atoms with van der Waals surface area (Å²) in [5.41, 5.74) is 2.19. The van der Waals surface area contributed by atoms with Crippen LogP contribution in [-0.2, 0) is 11.2 Å². The Morgan fingerprint density at radius 2 is 2.42 bits per heavy atom. The topological polar surface area (TPSA) is 30.0 Å². The molecule has 1 heterocycles. The highest BCUT2D eigenvalue weighted by atomic mass is 127. The van der Waals surface area contributed by atoms with Crippen LogP contribution >= 0.6 is 22.6 Å². The summed E-state index contributed by atoms with van der Waals surface area (Å²) in [6.45, 7) is 2.01. The van der Waals surface area contributed by atoms with Gasteiger partial charge in [0.1, 0.15) is 0 Å². The van der Waals surface area contributed by atoms with Crippen molar-refractivity contribution < 1.29 is 4.79 Å². The highest BCUT2D eigenvalue weighted by Crippen LogP contribution is 2.07. The Hall–Kier alpha value is -0.450. The fourth-order valence-electron chi connectivity index (χ4n) is 0.997. The zero-order chi connectivity index (χ0) is 8.97. The number of carbonyl (C=O) groups excluding carboxylic acids is 1. The number of rotatable bonds is 3. The largest absolute Gasteiger partial charge is 0.288 e. The van der Waals surface area contributed by atoms with Crippen molar-refractivity contribution in [1.29, 1.82) is 0 Å². The van der Waals surface area contributed by atoms with Gasteiger partial charge >= 0.3 is 0 Å². The SMILES string of the molecule is Cc1cccnc1CCC(=O)I. The monoisotopic (exact) mass is 275 g/mol. The van der Waals surface area contributed by atoms with Crippen LogP contribution in [0.5, 0.6) is 0 Å². The van der Waals surface area contributed by atoms with Crippen LogP contribution < -0.4 is 0 Å². The molecule has 1 aromatic heterocycles. The van der Waals surface area contributed by atoms with E-state index in [1.54, 1.807) is 6.20 Å². The van der Waals surface area contributed by atoms with Gasteiger partial charge in [-0.05, 0) is 47.6 Å². The van der Waals surface area contributed by atoms with Crippen LogP contribution in [0.3, 0.4) is 0 Å². The van der Waals surface area contributed by atoms with Gasteiger partial charge in [-0.25, -0.2) is 0 Å². The molecule has 1 aromatic rings. The summed E-state index contributed by atoms with van der Waals surface area (Å²) in [4.78, 5) is 14.9. The molecule has 0 N–H and O–H groups in total. The predicted molar refractivity (Wildman–Crippen MR) is 56.3 cm³/mol. The molecule has 0 spiro atoms. The Kier molecular flexibility index (Phi) is 3.65. The molecule has 0 radical (unpaired) electrons. The molecule has 0 aliphatic carbocycles. The van der Waals surface area contributed by atoms with E-state index in [4.69, 9.17) is 0 Å². The molecule has 2 nitrogen and oxygen atoms in total. The van der Waals surface area contributed by atoms with Gasteiger partial charge in [0.15, 0.2) is 3.79 Å². The number of carbonyl (C=O) groups is 1. The standard InChI is InChI=1S/C9H10INO/c1-7-3-2-6-11-8(7)4-5-9(10)12/h2-3,6H,4-5H2,1H3. The summed E-state index contributed by atoms with van der Waals surface area (Å²) in [7, 11) is 0. The van der Waals surface area contributed by atoms with Crippen molar-refractivity contribution in [2.45, 2.75) is 19.8 Å². The molecule has 1 rings (SSSR count). The zero-order valence-corrected chi connectivity index (χ0v) is 9.04. The zero-order valence-electron chi connectivity index (χ0n) is 6.88. The van der Waals surface area contributed by atoms with Crippen LogP contribution in [0.1, 0.15) is 17.7 Å². The van der Waals surface area contributed by atoms with E-state index < -0.39 is 0 Å². The Morgan fingerprint density at radius 3 is 3.00 bits per heavy atom. The van der Waals surface area contributed by atoms with Crippen molar-refractivity contribution in [3.63, 3.8) is 0 Å². The first-order chi connectivity index (χ1) is 5.70. The van der Waals surface area contributed by atoms with Crippen LogP contribution in [0.15, 0.2) is 18.3 Å². The molecule has 0 aliphatic heterocycles. The third kappa shape index (κ3) is 2.89. The predicted octanol–water partition coefficient (Wildman–Crippen LogP) is 2.28. The molecule has 12 heavy (non-hydrogen) atoms. The summed E-state index contributed by atoms with van der Waals surface area (Å²) >= 11 is 1.81. The minimum atomic E-state index is 0.192. The Morgan fingerprint density at radius 1 is 1.67 bits per heavy atom. The van der Waals surface area contributed by atoms with E-state index in [0.29, 0.717) is 6.42 Å². The number of aryl methyl sites for hydroxylation is 2. The Bertz CT molecular complexity index is 286. The molecule has 0 bridgehead atoms. The quantitative estimate of drug-likeness (QED) is 0.625. The smallest absolute Gasteiger partial charge is 0.192 e. The highest BCUT2D eigenvalue weighted by Gasteiger charge is 2.00. The van der Waals surface area contributed by atoms with Crippen LogP contribution in [0.4, 0.5) is 0 Å². The molecule has 0 atom stereocenters. The second kappa shape index (κ2) is 4.54.